The molecule has 172 valence electrons. The average Bonchev–Trinajstić information content (AvgIpc) is 3.21. The Morgan fingerprint density at radius 3 is 1.35 bits per heavy atom. The molecule has 3 aliphatic rings. The number of halogens is 4. The highest BCUT2D eigenvalue weighted by Gasteiger charge is 2.61. The topological polar surface area (TPSA) is 108 Å². The zero-order valence-corrected chi connectivity index (χ0v) is 17.5. The molecule has 0 N–H and O–H groups in total. The third kappa shape index (κ3) is 3.28. The smallest absolute Gasteiger partial charge is 0.215 e. The fourth-order valence-corrected chi connectivity index (χ4v) is 6.43. The Morgan fingerprint density at radius 1 is 0.676 bits per heavy atom. The number of rotatable bonds is 2. The van der Waals surface area contributed by atoms with Crippen molar-refractivity contribution in [2.24, 2.45) is 35.5 Å². The number of aromatic nitrogens is 2. The number of pyridine rings is 2. The molecular weight excluding hydrogens is 452 g/mol. The largest absolute Gasteiger partial charge is 0.299 e. The standard InChI is InChI=1S/C24H16F4N4O2/c25-17-1-9(2-18(26)31-17)21-15(7-29)11-5-12-14(6-13(11)23(21)33)24(34)22(16(12)8-30)10-3-19(27)32-20(28)4-10/h1-4,11-16,21-22H,5-6H2. The molecule has 5 rings (SSSR count). The summed E-state index contributed by atoms with van der Waals surface area (Å²) in [5, 5.41) is 19.7. The Hall–Kier alpha value is -3.66. The van der Waals surface area contributed by atoms with Crippen molar-refractivity contribution in [2.45, 2.75) is 24.7 Å². The number of carbonyl (C=O) groups is 2. The summed E-state index contributed by atoms with van der Waals surface area (Å²) >= 11 is 0. The summed E-state index contributed by atoms with van der Waals surface area (Å²) in [6.45, 7) is 0. The molecule has 6 nitrogen and oxygen atoms in total. The number of nitrogens with zero attached hydrogens (tertiary/aromatic N) is 4. The molecule has 0 saturated heterocycles. The van der Waals surface area contributed by atoms with Gasteiger partial charge in [0.15, 0.2) is 0 Å². The van der Waals surface area contributed by atoms with E-state index in [9.17, 15) is 37.7 Å². The number of nitriles is 2. The van der Waals surface area contributed by atoms with Crippen LogP contribution in [0.1, 0.15) is 35.8 Å². The predicted molar refractivity (Wildman–Crippen MR) is 105 cm³/mol. The zero-order chi connectivity index (χ0) is 24.3. The Labute approximate surface area is 191 Å². The number of carbonyl (C=O) groups excluding carboxylic acids is 2. The molecule has 34 heavy (non-hydrogen) atoms. The third-order valence-electron chi connectivity index (χ3n) is 7.66. The molecule has 3 fully saturated rings. The van der Waals surface area contributed by atoms with E-state index in [0.717, 1.165) is 24.3 Å². The highest BCUT2D eigenvalue weighted by atomic mass is 19.1. The Kier molecular flexibility index (Phi) is 5.20. The van der Waals surface area contributed by atoms with Gasteiger partial charge in [0.1, 0.15) is 11.6 Å². The van der Waals surface area contributed by atoms with Crippen LogP contribution in [0.25, 0.3) is 0 Å². The summed E-state index contributed by atoms with van der Waals surface area (Å²) in [6.07, 6.45) is 0.269. The van der Waals surface area contributed by atoms with Gasteiger partial charge in [0.25, 0.3) is 0 Å². The van der Waals surface area contributed by atoms with Crippen molar-refractivity contribution >= 4 is 11.6 Å². The molecule has 10 heteroatoms. The van der Waals surface area contributed by atoms with Crippen molar-refractivity contribution in [3.05, 3.63) is 59.2 Å². The number of Topliss-reactive ketones (excluding diaryl/α,β-unsaturated/α-hetero) is 2. The van der Waals surface area contributed by atoms with Gasteiger partial charge in [0.05, 0.1) is 35.8 Å². The highest BCUT2D eigenvalue weighted by molar-refractivity contribution is 5.95. The number of hydrogen-bond donors (Lipinski definition) is 0. The monoisotopic (exact) mass is 468 g/mol. The summed E-state index contributed by atoms with van der Waals surface area (Å²) in [5.41, 5.74) is 0.0368. The second-order valence-electron chi connectivity index (χ2n) is 9.17. The molecule has 2 aromatic heterocycles. The second kappa shape index (κ2) is 7.98. The molecule has 0 aliphatic heterocycles. The minimum atomic E-state index is -1.11. The molecule has 8 unspecified atom stereocenters. The minimum Gasteiger partial charge on any atom is -0.299 e. The maximum Gasteiger partial charge on any atom is 0.215 e. The van der Waals surface area contributed by atoms with Crippen LogP contribution in [-0.2, 0) is 9.59 Å². The predicted octanol–water partition coefficient (Wildman–Crippen LogP) is 3.60. The van der Waals surface area contributed by atoms with Gasteiger partial charge in [-0.3, -0.25) is 9.59 Å². The molecule has 0 amide bonds. The fourth-order valence-electron chi connectivity index (χ4n) is 6.43. The van der Waals surface area contributed by atoms with Crippen LogP contribution in [0.3, 0.4) is 0 Å². The Bertz CT molecular complexity index is 1160. The first-order valence-corrected chi connectivity index (χ1v) is 10.8. The quantitative estimate of drug-likeness (QED) is 0.492. The van der Waals surface area contributed by atoms with Gasteiger partial charge in [-0.25, -0.2) is 0 Å². The first-order chi connectivity index (χ1) is 16.2. The maximum absolute atomic E-state index is 13.7. The van der Waals surface area contributed by atoms with E-state index in [-0.39, 0.29) is 35.5 Å². The average molecular weight is 468 g/mol. The minimum absolute atomic E-state index is 0.0184. The molecule has 0 spiro atoms. The SMILES string of the molecule is N#CC1C(c2cc(F)nc(F)c2)C(=O)C2CC3C(=O)C(c4cc(F)nc(F)c4)C(C#N)C3CC21. The Morgan fingerprint density at radius 2 is 1.03 bits per heavy atom. The summed E-state index contributed by atoms with van der Waals surface area (Å²) < 4.78 is 54.9. The van der Waals surface area contributed by atoms with Gasteiger partial charge in [-0.15, -0.1) is 0 Å². The van der Waals surface area contributed by atoms with Crippen LogP contribution in [0.5, 0.6) is 0 Å². The van der Waals surface area contributed by atoms with Crippen molar-refractivity contribution < 1.29 is 27.2 Å². The van der Waals surface area contributed by atoms with Gasteiger partial charge in [-0.1, -0.05) is 0 Å². The number of fused-ring (bicyclic) bond motifs is 2. The van der Waals surface area contributed by atoms with Gasteiger partial charge in [-0.2, -0.15) is 38.1 Å². The van der Waals surface area contributed by atoms with E-state index in [1.54, 1.807) is 0 Å². The zero-order valence-electron chi connectivity index (χ0n) is 17.5. The lowest BCUT2D eigenvalue weighted by Gasteiger charge is -2.35. The van der Waals surface area contributed by atoms with Crippen LogP contribution in [0.2, 0.25) is 0 Å². The molecule has 3 saturated carbocycles. The number of ketones is 2. The van der Waals surface area contributed by atoms with Gasteiger partial charge in [0, 0.05) is 11.8 Å². The van der Waals surface area contributed by atoms with Gasteiger partial charge in [-0.05, 0) is 60.1 Å². The van der Waals surface area contributed by atoms with E-state index in [0.29, 0.717) is 0 Å². The molecule has 8 atom stereocenters. The summed E-state index contributed by atoms with van der Waals surface area (Å²) in [5.74, 6) is -11.6. The molecule has 0 bridgehead atoms. The summed E-state index contributed by atoms with van der Waals surface area (Å²) in [6, 6.07) is 7.92. The van der Waals surface area contributed by atoms with E-state index in [1.807, 2.05) is 0 Å². The maximum atomic E-state index is 13.7. The lowest BCUT2D eigenvalue weighted by Crippen LogP contribution is -2.34. The molecule has 2 aromatic rings. The first kappa shape index (κ1) is 22.1. The van der Waals surface area contributed by atoms with Crippen LogP contribution in [-0.4, -0.2) is 21.5 Å². The number of hydrogen-bond acceptors (Lipinski definition) is 6. The van der Waals surface area contributed by atoms with Crippen molar-refractivity contribution in [3.8, 4) is 12.1 Å². The molecule has 0 radical (unpaired) electrons. The van der Waals surface area contributed by atoms with E-state index < -0.39 is 71.1 Å². The van der Waals surface area contributed by atoms with Gasteiger partial charge >= 0.3 is 0 Å². The van der Waals surface area contributed by atoms with Crippen LogP contribution in [0.15, 0.2) is 24.3 Å². The van der Waals surface area contributed by atoms with Crippen LogP contribution in [0.4, 0.5) is 17.6 Å². The normalized spacial score (nSPS) is 34.3. The lowest BCUT2D eigenvalue weighted by molar-refractivity contribution is -0.127. The lowest BCUT2D eigenvalue weighted by atomic mass is 9.67. The van der Waals surface area contributed by atoms with Crippen LogP contribution >= 0.6 is 0 Å². The Balaban J connectivity index is 1.51. The first-order valence-electron chi connectivity index (χ1n) is 10.8. The van der Waals surface area contributed by atoms with Crippen LogP contribution < -0.4 is 0 Å². The molecule has 3 aliphatic carbocycles. The van der Waals surface area contributed by atoms with E-state index in [2.05, 4.69) is 22.1 Å². The van der Waals surface area contributed by atoms with Gasteiger partial charge < -0.3 is 0 Å². The highest BCUT2D eigenvalue weighted by Crippen LogP contribution is 2.59. The summed E-state index contributed by atoms with van der Waals surface area (Å²) in [7, 11) is 0. The second-order valence-corrected chi connectivity index (χ2v) is 9.17. The van der Waals surface area contributed by atoms with E-state index in [1.165, 1.54) is 0 Å². The van der Waals surface area contributed by atoms with Crippen LogP contribution in [0, 0.1) is 82.0 Å². The van der Waals surface area contributed by atoms with E-state index >= 15 is 0 Å². The summed E-state index contributed by atoms with van der Waals surface area (Å²) in [4.78, 5) is 32.7. The van der Waals surface area contributed by atoms with Crippen molar-refractivity contribution in [1.29, 1.82) is 10.5 Å². The van der Waals surface area contributed by atoms with Crippen molar-refractivity contribution in [1.82, 2.24) is 9.97 Å². The van der Waals surface area contributed by atoms with Crippen molar-refractivity contribution in [3.63, 3.8) is 0 Å². The van der Waals surface area contributed by atoms with Crippen molar-refractivity contribution in [2.75, 3.05) is 0 Å². The fraction of sp³-hybridized carbons (Fsp3) is 0.417. The van der Waals surface area contributed by atoms with E-state index in [4.69, 9.17) is 0 Å². The molecule has 0 aromatic carbocycles. The third-order valence-corrected chi connectivity index (χ3v) is 7.66. The molecule has 2 heterocycles. The van der Waals surface area contributed by atoms with Gasteiger partial charge in [0.2, 0.25) is 23.8 Å². The molecular formula is C24H16F4N4O2.